The van der Waals surface area contributed by atoms with Gasteiger partial charge < -0.3 is 9.80 Å². The summed E-state index contributed by atoms with van der Waals surface area (Å²) in [6, 6.07) is 15.6. The molecular weight excluding hydrogens is 406 g/mol. The van der Waals surface area contributed by atoms with Gasteiger partial charge in [0.15, 0.2) is 0 Å². The summed E-state index contributed by atoms with van der Waals surface area (Å²) in [7, 11) is 0. The Morgan fingerprint density at radius 1 is 0.778 bits per heavy atom. The topological polar surface area (TPSA) is 6.48 Å². The maximum Gasteiger partial charge on any atom is 0.127 e. The van der Waals surface area contributed by atoms with Crippen LogP contribution in [0.4, 0.5) is 4.39 Å². The van der Waals surface area contributed by atoms with Crippen LogP contribution >= 0.6 is 36.4 Å². The zero-order valence-electron chi connectivity index (χ0n) is 15.4. The highest BCUT2D eigenvalue weighted by Gasteiger charge is 2.17. The number of benzene rings is 2. The average molecular weight is 434 g/mol. The quantitative estimate of drug-likeness (QED) is 0.598. The molecule has 1 saturated heterocycles. The van der Waals surface area contributed by atoms with Crippen LogP contribution in [0.1, 0.15) is 17.5 Å². The normalized spacial score (nSPS) is 15.0. The smallest absolute Gasteiger partial charge is 0.127 e. The molecule has 0 saturated carbocycles. The van der Waals surface area contributed by atoms with Crippen LogP contribution in [0.3, 0.4) is 0 Å². The van der Waals surface area contributed by atoms with Crippen molar-refractivity contribution in [3.8, 4) is 0 Å². The van der Waals surface area contributed by atoms with Crippen LogP contribution < -0.4 is 0 Å². The zero-order chi connectivity index (χ0) is 17.5. The van der Waals surface area contributed by atoms with Crippen LogP contribution in [-0.4, -0.2) is 49.1 Å². The van der Waals surface area contributed by atoms with E-state index in [1.807, 2.05) is 0 Å². The summed E-state index contributed by atoms with van der Waals surface area (Å²) in [6.45, 7) is 6.33. The molecule has 1 aliphatic heterocycles. The van der Waals surface area contributed by atoms with Gasteiger partial charge in [0.25, 0.3) is 0 Å². The number of piperazine rings is 1. The van der Waals surface area contributed by atoms with E-state index in [1.165, 1.54) is 18.1 Å². The average Bonchev–Trinajstić information content (AvgIpc) is 2.63. The van der Waals surface area contributed by atoms with Crippen molar-refractivity contribution in [3.05, 3.63) is 70.5 Å². The molecule has 1 aliphatic rings. The first-order chi connectivity index (χ1) is 12.2. The van der Waals surface area contributed by atoms with Gasteiger partial charge in [-0.05, 0) is 43.5 Å². The van der Waals surface area contributed by atoms with E-state index in [9.17, 15) is 4.39 Å². The lowest BCUT2D eigenvalue weighted by Crippen LogP contribution is -2.47. The lowest BCUT2D eigenvalue weighted by molar-refractivity contribution is 0.132. The summed E-state index contributed by atoms with van der Waals surface area (Å²) in [5, 5.41) is 0.541. The molecule has 0 atom stereocenters. The van der Waals surface area contributed by atoms with Crippen molar-refractivity contribution in [3.63, 3.8) is 0 Å². The minimum absolute atomic E-state index is 0. The summed E-state index contributed by atoms with van der Waals surface area (Å²) >= 11 is 6.11. The van der Waals surface area contributed by atoms with Gasteiger partial charge in [-0.3, -0.25) is 0 Å². The molecule has 0 aliphatic carbocycles. The number of nitrogens with zero attached hydrogens (tertiary/aromatic N) is 2. The first-order valence-electron chi connectivity index (χ1n) is 9.14. The molecule has 0 N–H and O–H groups in total. The van der Waals surface area contributed by atoms with E-state index >= 15 is 0 Å². The Kier molecular flexibility index (Phi) is 11.3. The zero-order valence-corrected chi connectivity index (χ0v) is 17.8. The Morgan fingerprint density at radius 3 is 2.04 bits per heavy atom. The van der Waals surface area contributed by atoms with Crippen LogP contribution in [0.25, 0.3) is 0 Å². The van der Waals surface area contributed by atoms with Crippen molar-refractivity contribution in [2.24, 2.45) is 0 Å². The molecule has 0 amide bonds. The van der Waals surface area contributed by atoms with Gasteiger partial charge in [-0.15, -0.1) is 24.8 Å². The first-order valence-corrected chi connectivity index (χ1v) is 9.52. The SMILES string of the molecule is Cl.Cl.Fc1cccc(Cl)c1CCN1CCN(CCCc2ccccc2)CC1. The summed E-state index contributed by atoms with van der Waals surface area (Å²) in [5.74, 6) is -0.188. The Morgan fingerprint density at radius 2 is 1.41 bits per heavy atom. The van der Waals surface area contributed by atoms with Crippen molar-refractivity contribution < 1.29 is 4.39 Å². The Labute approximate surface area is 179 Å². The van der Waals surface area contributed by atoms with E-state index in [-0.39, 0.29) is 30.6 Å². The van der Waals surface area contributed by atoms with E-state index in [0.717, 1.165) is 45.7 Å². The highest BCUT2D eigenvalue weighted by molar-refractivity contribution is 6.31. The van der Waals surface area contributed by atoms with E-state index in [4.69, 9.17) is 11.6 Å². The van der Waals surface area contributed by atoms with E-state index in [2.05, 4.69) is 40.1 Å². The Hall–Kier alpha value is -0.840. The molecule has 0 aromatic heterocycles. The molecule has 27 heavy (non-hydrogen) atoms. The molecule has 1 fully saturated rings. The number of halogens is 4. The van der Waals surface area contributed by atoms with Crippen LogP contribution in [-0.2, 0) is 12.8 Å². The van der Waals surface area contributed by atoms with Crippen molar-refractivity contribution in [2.75, 3.05) is 39.3 Å². The molecule has 0 unspecified atom stereocenters. The molecule has 2 aromatic carbocycles. The summed E-state index contributed by atoms with van der Waals surface area (Å²) < 4.78 is 13.8. The fourth-order valence-corrected chi connectivity index (χ4v) is 3.69. The molecule has 2 nitrogen and oxygen atoms in total. The second-order valence-corrected chi connectivity index (χ2v) is 7.13. The van der Waals surface area contributed by atoms with Gasteiger partial charge in [0.1, 0.15) is 5.82 Å². The van der Waals surface area contributed by atoms with Gasteiger partial charge in [0, 0.05) is 43.3 Å². The van der Waals surface area contributed by atoms with Crippen molar-refractivity contribution >= 4 is 36.4 Å². The summed E-state index contributed by atoms with van der Waals surface area (Å²) in [6.07, 6.45) is 3.03. The third-order valence-corrected chi connectivity index (χ3v) is 5.34. The molecule has 3 rings (SSSR count). The maximum atomic E-state index is 13.8. The molecule has 0 spiro atoms. The number of rotatable bonds is 7. The lowest BCUT2D eigenvalue weighted by atomic mass is 10.1. The third kappa shape index (κ3) is 7.59. The standard InChI is InChI=1S/C21H26ClFN2.2ClH/c22-20-9-4-10-21(23)19(20)11-13-25-16-14-24(15-17-25)12-5-8-18-6-2-1-3-7-18;;/h1-4,6-7,9-10H,5,8,11-17H2;2*1H. The van der Waals surface area contributed by atoms with Gasteiger partial charge >= 0.3 is 0 Å². The fourth-order valence-electron chi connectivity index (χ4n) is 3.43. The summed E-state index contributed by atoms with van der Waals surface area (Å²) in [4.78, 5) is 4.95. The molecule has 6 heteroatoms. The Bertz CT molecular complexity index is 641. The lowest BCUT2D eigenvalue weighted by Gasteiger charge is -2.34. The molecule has 1 heterocycles. The second-order valence-electron chi connectivity index (χ2n) is 6.72. The summed E-state index contributed by atoms with van der Waals surface area (Å²) in [5.41, 5.74) is 2.07. The highest BCUT2D eigenvalue weighted by Crippen LogP contribution is 2.20. The first kappa shape index (κ1) is 24.2. The number of hydrogen-bond donors (Lipinski definition) is 0. The van der Waals surface area contributed by atoms with Gasteiger partial charge in [-0.1, -0.05) is 48.0 Å². The monoisotopic (exact) mass is 432 g/mol. The minimum atomic E-state index is -0.188. The maximum absolute atomic E-state index is 13.8. The van der Waals surface area contributed by atoms with Crippen molar-refractivity contribution in [2.45, 2.75) is 19.3 Å². The number of hydrogen-bond acceptors (Lipinski definition) is 2. The van der Waals surface area contributed by atoms with Crippen LogP contribution in [0, 0.1) is 5.82 Å². The minimum Gasteiger partial charge on any atom is -0.301 e. The highest BCUT2D eigenvalue weighted by atomic mass is 35.5. The Balaban J connectivity index is 0.00000182. The van der Waals surface area contributed by atoms with Crippen LogP contribution in [0.15, 0.2) is 48.5 Å². The molecule has 150 valence electrons. The molecule has 0 radical (unpaired) electrons. The molecule has 2 aromatic rings. The van der Waals surface area contributed by atoms with E-state index in [1.54, 1.807) is 12.1 Å². The van der Waals surface area contributed by atoms with Gasteiger partial charge in [-0.2, -0.15) is 0 Å². The van der Waals surface area contributed by atoms with Gasteiger partial charge in [-0.25, -0.2) is 4.39 Å². The largest absolute Gasteiger partial charge is 0.301 e. The van der Waals surface area contributed by atoms with Crippen molar-refractivity contribution in [1.82, 2.24) is 9.80 Å². The van der Waals surface area contributed by atoms with Gasteiger partial charge in [0.05, 0.1) is 0 Å². The third-order valence-electron chi connectivity index (χ3n) is 4.99. The predicted octanol–water partition coefficient (Wildman–Crippen LogP) is 5.12. The second kappa shape index (κ2) is 12.6. The fraction of sp³-hybridized carbons (Fsp3) is 0.429. The van der Waals surface area contributed by atoms with Crippen molar-refractivity contribution in [1.29, 1.82) is 0 Å². The van der Waals surface area contributed by atoms with Crippen LogP contribution in [0.2, 0.25) is 5.02 Å². The molecular formula is C21H28Cl3FN2. The van der Waals surface area contributed by atoms with E-state index in [0.29, 0.717) is 17.0 Å². The predicted molar refractivity (Wildman–Crippen MR) is 117 cm³/mol. The van der Waals surface area contributed by atoms with Gasteiger partial charge in [0.2, 0.25) is 0 Å². The number of aryl methyl sites for hydroxylation is 1. The van der Waals surface area contributed by atoms with Crippen LogP contribution in [0.5, 0.6) is 0 Å². The van der Waals surface area contributed by atoms with E-state index < -0.39 is 0 Å². The molecule has 0 bridgehead atoms.